The molecule has 5 nitrogen and oxygen atoms in total. The number of benzene rings is 1. The standard InChI is InChI=1S/C15H14INO4/c1-20-15(19)17-8-7-10-11(9-5-3-2-4-6-9)14(18)21-13(17)12(10)16/h2-8,10-13H,1H3/t10-,11-,12-,13+/m0/s1. The molecule has 2 heterocycles. The number of methoxy groups -OCH3 is 1. The molecule has 0 saturated carbocycles. The van der Waals surface area contributed by atoms with Gasteiger partial charge in [-0.2, -0.15) is 0 Å². The zero-order valence-corrected chi connectivity index (χ0v) is 13.5. The van der Waals surface area contributed by atoms with Crippen molar-refractivity contribution in [3.05, 3.63) is 48.2 Å². The summed E-state index contributed by atoms with van der Waals surface area (Å²) in [6, 6.07) is 9.58. The normalized spacial score (nSPS) is 30.8. The Morgan fingerprint density at radius 3 is 2.71 bits per heavy atom. The quantitative estimate of drug-likeness (QED) is 0.414. The van der Waals surface area contributed by atoms with Gasteiger partial charge in [0, 0.05) is 12.1 Å². The first kappa shape index (κ1) is 14.4. The Labute approximate surface area is 136 Å². The number of allylic oxidation sites excluding steroid dienone is 1. The third-order valence-electron chi connectivity index (χ3n) is 3.80. The van der Waals surface area contributed by atoms with Gasteiger partial charge in [0.1, 0.15) is 0 Å². The number of alkyl halides is 1. The number of nitrogens with zero attached hydrogens (tertiary/aromatic N) is 1. The molecule has 110 valence electrons. The molecule has 2 aliphatic rings. The molecule has 3 rings (SSSR count). The third-order valence-corrected chi connectivity index (χ3v) is 5.25. The first-order valence-corrected chi connectivity index (χ1v) is 7.82. The van der Waals surface area contributed by atoms with Crippen LogP contribution in [0.2, 0.25) is 0 Å². The van der Waals surface area contributed by atoms with Crippen LogP contribution in [-0.2, 0) is 14.3 Å². The van der Waals surface area contributed by atoms with Crippen molar-refractivity contribution in [2.24, 2.45) is 5.92 Å². The second-order valence-corrected chi connectivity index (χ2v) is 6.39. The highest BCUT2D eigenvalue weighted by Crippen LogP contribution is 2.43. The Morgan fingerprint density at radius 2 is 2.05 bits per heavy atom. The number of fused-ring (bicyclic) bond motifs is 2. The zero-order chi connectivity index (χ0) is 15.0. The Kier molecular flexibility index (Phi) is 3.88. The highest BCUT2D eigenvalue weighted by atomic mass is 127. The lowest BCUT2D eigenvalue weighted by Gasteiger charge is -2.44. The van der Waals surface area contributed by atoms with Crippen molar-refractivity contribution in [3.63, 3.8) is 0 Å². The molecule has 0 unspecified atom stereocenters. The van der Waals surface area contributed by atoms with Crippen molar-refractivity contribution < 1.29 is 19.1 Å². The van der Waals surface area contributed by atoms with Crippen LogP contribution < -0.4 is 0 Å². The Hall–Kier alpha value is -1.57. The summed E-state index contributed by atoms with van der Waals surface area (Å²) in [5.41, 5.74) is 0.934. The maximum atomic E-state index is 12.4. The van der Waals surface area contributed by atoms with Crippen LogP contribution >= 0.6 is 22.6 Å². The van der Waals surface area contributed by atoms with Gasteiger partial charge in [-0.3, -0.25) is 4.79 Å². The van der Waals surface area contributed by atoms with Crippen molar-refractivity contribution in [2.75, 3.05) is 7.11 Å². The summed E-state index contributed by atoms with van der Waals surface area (Å²) in [5, 5.41) is 0. The molecule has 0 N–H and O–H groups in total. The minimum atomic E-state index is -0.611. The first-order valence-electron chi connectivity index (χ1n) is 6.57. The second-order valence-electron chi connectivity index (χ2n) is 4.96. The molecule has 0 aliphatic carbocycles. The van der Waals surface area contributed by atoms with Crippen LogP contribution in [0, 0.1) is 5.92 Å². The predicted molar refractivity (Wildman–Crippen MR) is 83.7 cm³/mol. The number of ether oxygens (including phenoxy) is 2. The van der Waals surface area contributed by atoms with Gasteiger partial charge in [-0.1, -0.05) is 59.0 Å². The van der Waals surface area contributed by atoms with Gasteiger partial charge in [0.2, 0.25) is 0 Å². The SMILES string of the molecule is COC(=O)N1C=C[C@@H]2[C@H](I)[C@H]1OC(=O)[C@H]2c1ccccc1. The molecule has 1 aromatic rings. The number of halogens is 1. The number of carbonyl (C=O) groups is 2. The monoisotopic (exact) mass is 399 g/mol. The molecule has 0 aromatic heterocycles. The summed E-state index contributed by atoms with van der Waals surface area (Å²) in [6.45, 7) is 0. The molecule has 1 aromatic carbocycles. The summed E-state index contributed by atoms with van der Waals surface area (Å²) >= 11 is 2.24. The minimum absolute atomic E-state index is 0.000145. The second kappa shape index (κ2) is 5.67. The van der Waals surface area contributed by atoms with Gasteiger partial charge in [0.25, 0.3) is 0 Å². The lowest BCUT2D eigenvalue weighted by molar-refractivity contribution is -0.166. The van der Waals surface area contributed by atoms with E-state index in [0.29, 0.717) is 0 Å². The fourth-order valence-electron chi connectivity index (χ4n) is 2.78. The maximum absolute atomic E-state index is 12.4. The fourth-order valence-corrected chi connectivity index (χ4v) is 3.93. The molecular formula is C15H14INO4. The molecule has 6 heteroatoms. The number of hydrogen-bond acceptors (Lipinski definition) is 4. The van der Waals surface area contributed by atoms with Crippen LogP contribution in [0.3, 0.4) is 0 Å². The molecule has 1 fully saturated rings. The van der Waals surface area contributed by atoms with E-state index < -0.39 is 12.3 Å². The van der Waals surface area contributed by atoms with E-state index in [9.17, 15) is 9.59 Å². The van der Waals surface area contributed by atoms with Gasteiger partial charge < -0.3 is 9.47 Å². The fraction of sp³-hybridized carbons (Fsp3) is 0.333. The molecule has 0 spiro atoms. The van der Waals surface area contributed by atoms with Gasteiger partial charge in [-0.25, -0.2) is 9.69 Å². The Morgan fingerprint density at radius 1 is 1.33 bits per heavy atom. The molecule has 21 heavy (non-hydrogen) atoms. The molecular weight excluding hydrogens is 385 g/mol. The topological polar surface area (TPSA) is 55.8 Å². The van der Waals surface area contributed by atoms with Crippen molar-refractivity contribution in [3.8, 4) is 0 Å². The number of amides is 1. The molecule has 2 aliphatic heterocycles. The van der Waals surface area contributed by atoms with E-state index in [1.807, 2.05) is 36.4 Å². The summed E-state index contributed by atoms with van der Waals surface area (Å²) in [5.74, 6) is -0.636. The van der Waals surface area contributed by atoms with Gasteiger partial charge in [-0.05, 0) is 5.56 Å². The van der Waals surface area contributed by atoms with Gasteiger partial charge in [0.15, 0.2) is 6.23 Å². The number of carbonyl (C=O) groups excluding carboxylic acids is 2. The average molecular weight is 399 g/mol. The smallest absolute Gasteiger partial charge is 0.416 e. The summed E-state index contributed by atoms with van der Waals surface area (Å²) in [7, 11) is 1.31. The van der Waals surface area contributed by atoms with Crippen molar-refractivity contribution in [1.29, 1.82) is 0 Å². The predicted octanol–water partition coefficient (Wildman–Crippen LogP) is 2.67. The number of rotatable bonds is 1. The van der Waals surface area contributed by atoms with Crippen LogP contribution in [0.4, 0.5) is 4.79 Å². The van der Waals surface area contributed by atoms with E-state index in [2.05, 4.69) is 22.6 Å². The Balaban J connectivity index is 1.96. The molecule has 2 bridgehead atoms. The molecule has 1 amide bonds. The van der Waals surface area contributed by atoms with Gasteiger partial charge >= 0.3 is 12.1 Å². The van der Waals surface area contributed by atoms with Crippen molar-refractivity contribution in [2.45, 2.75) is 16.1 Å². The summed E-state index contributed by atoms with van der Waals surface area (Å²) in [6.07, 6.45) is 2.41. The van der Waals surface area contributed by atoms with Gasteiger partial charge in [0.05, 0.1) is 17.0 Å². The highest BCUT2D eigenvalue weighted by molar-refractivity contribution is 14.1. The van der Waals surface area contributed by atoms with Crippen molar-refractivity contribution >= 4 is 34.7 Å². The first-order chi connectivity index (χ1) is 10.1. The van der Waals surface area contributed by atoms with Crippen LogP contribution in [0.5, 0.6) is 0 Å². The van der Waals surface area contributed by atoms with E-state index in [1.165, 1.54) is 12.0 Å². The van der Waals surface area contributed by atoms with E-state index in [0.717, 1.165) is 5.56 Å². The third kappa shape index (κ3) is 2.41. The highest BCUT2D eigenvalue weighted by Gasteiger charge is 2.49. The van der Waals surface area contributed by atoms with Crippen LogP contribution in [0.25, 0.3) is 0 Å². The molecule has 1 saturated heterocycles. The van der Waals surface area contributed by atoms with E-state index in [4.69, 9.17) is 9.47 Å². The maximum Gasteiger partial charge on any atom is 0.416 e. The van der Waals surface area contributed by atoms with Crippen LogP contribution in [0.1, 0.15) is 11.5 Å². The minimum Gasteiger partial charge on any atom is -0.452 e. The average Bonchev–Trinajstić information content (AvgIpc) is 2.49. The number of esters is 1. The lowest BCUT2D eigenvalue weighted by Crippen LogP contribution is -2.55. The van der Waals surface area contributed by atoms with E-state index in [1.54, 1.807) is 6.20 Å². The largest absolute Gasteiger partial charge is 0.452 e. The van der Waals surface area contributed by atoms with E-state index >= 15 is 0 Å². The number of hydrogen-bond donors (Lipinski definition) is 0. The Bertz CT molecular complexity index is 589. The van der Waals surface area contributed by atoms with Gasteiger partial charge in [-0.15, -0.1) is 0 Å². The molecule has 4 atom stereocenters. The summed E-state index contributed by atoms with van der Waals surface area (Å²) < 4.78 is 10.2. The summed E-state index contributed by atoms with van der Waals surface area (Å²) in [4.78, 5) is 25.4. The molecule has 0 radical (unpaired) electrons. The van der Waals surface area contributed by atoms with Crippen LogP contribution in [0.15, 0.2) is 42.6 Å². The zero-order valence-electron chi connectivity index (χ0n) is 11.3. The van der Waals surface area contributed by atoms with Crippen molar-refractivity contribution in [1.82, 2.24) is 4.90 Å². The van der Waals surface area contributed by atoms with Crippen LogP contribution in [-0.4, -0.2) is 34.2 Å². The lowest BCUT2D eigenvalue weighted by atomic mass is 9.80. The van der Waals surface area contributed by atoms with E-state index in [-0.39, 0.29) is 21.7 Å².